The van der Waals surface area contributed by atoms with E-state index < -0.39 is 0 Å². The maximum absolute atomic E-state index is 5.74. The SMILES string of the molecule is CN1CCOC(CNCc2ccc(-n3ccnc3)cc2)C1. The van der Waals surface area contributed by atoms with Crippen LogP contribution in [0.25, 0.3) is 5.69 Å². The highest BCUT2D eigenvalue weighted by Gasteiger charge is 2.16. The minimum atomic E-state index is 0.300. The van der Waals surface area contributed by atoms with Gasteiger partial charge in [-0.2, -0.15) is 0 Å². The molecule has 0 spiro atoms. The van der Waals surface area contributed by atoms with Gasteiger partial charge in [0.2, 0.25) is 0 Å². The quantitative estimate of drug-likeness (QED) is 0.899. The first kappa shape index (κ1) is 14.3. The van der Waals surface area contributed by atoms with Crippen LogP contribution in [-0.4, -0.2) is 53.8 Å². The van der Waals surface area contributed by atoms with Crippen molar-refractivity contribution in [2.75, 3.05) is 33.3 Å². The number of imidazole rings is 1. The number of nitrogens with one attached hydrogen (secondary N) is 1. The summed E-state index contributed by atoms with van der Waals surface area (Å²) in [6.45, 7) is 4.64. The molecule has 112 valence electrons. The van der Waals surface area contributed by atoms with E-state index in [1.54, 1.807) is 6.20 Å². The van der Waals surface area contributed by atoms with Crippen LogP contribution >= 0.6 is 0 Å². The third-order valence-electron chi connectivity index (χ3n) is 3.78. The van der Waals surface area contributed by atoms with Gasteiger partial charge in [-0.05, 0) is 24.7 Å². The van der Waals surface area contributed by atoms with Crippen LogP contribution in [0.3, 0.4) is 0 Å². The van der Waals surface area contributed by atoms with E-state index in [-0.39, 0.29) is 0 Å². The second-order valence-electron chi connectivity index (χ2n) is 5.52. The Hall–Kier alpha value is -1.69. The zero-order valence-corrected chi connectivity index (χ0v) is 12.4. The highest BCUT2D eigenvalue weighted by molar-refractivity contribution is 5.34. The number of nitrogens with zero attached hydrogens (tertiary/aromatic N) is 3. The number of rotatable bonds is 5. The van der Waals surface area contributed by atoms with Crippen molar-refractivity contribution in [1.82, 2.24) is 19.8 Å². The van der Waals surface area contributed by atoms with E-state index in [2.05, 4.69) is 46.5 Å². The van der Waals surface area contributed by atoms with Crippen molar-refractivity contribution in [3.05, 3.63) is 48.5 Å². The minimum absolute atomic E-state index is 0.300. The molecule has 1 aromatic carbocycles. The topological polar surface area (TPSA) is 42.3 Å². The fourth-order valence-corrected chi connectivity index (χ4v) is 2.57. The summed E-state index contributed by atoms with van der Waals surface area (Å²) >= 11 is 0. The summed E-state index contributed by atoms with van der Waals surface area (Å²) in [7, 11) is 2.14. The van der Waals surface area contributed by atoms with Gasteiger partial charge in [0.15, 0.2) is 0 Å². The van der Waals surface area contributed by atoms with Crippen molar-refractivity contribution in [2.24, 2.45) is 0 Å². The van der Waals surface area contributed by atoms with E-state index >= 15 is 0 Å². The summed E-state index contributed by atoms with van der Waals surface area (Å²) in [4.78, 5) is 6.38. The average molecular weight is 286 g/mol. The Morgan fingerprint density at radius 1 is 1.33 bits per heavy atom. The van der Waals surface area contributed by atoms with Crippen molar-refractivity contribution >= 4 is 0 Å². The molecule has 5 nitrogen and oxygen atoms in total. The fraction of sp³-hybridized carbons (Fsp3) is 0.438. The van der Waals surface area contributed by atoms with Crippen LogP contribution in [0.15, 0.2) is 43.0 Å². The van der Waals surface area contributed by atoms with E-state index in [4.69, 9.17) is 4.74 Å². The van der Waals surface area contributed by atoms with Gasteiger partial charge in [0, 0.05) is 44.3 Å². The van der Waals surface area contributed by atoms with Crippen LogP contribution < -0.4 is 5.32 Å². The zero-order valence-electron chi connectivity index (χ0n) is 12.4. The second kappa shape index (κ2) is 6.85. The molecule has 5 heteroatoms. The highest BCUT2D eigenvalue weighted by atomic mass is 16.5. The molecule has 1 aliphatic heterocycles. The number of benzene rings is 1. The molecule has 0 bridgehead atoms. The minimum Gasteiger partial charge on any atom is -0.374 e. The van der Waals surface area contributed by atoms with Gasteiger partial charge in [-0.1, -0.05) is 12.1 Å². The molecule has 3 rings (SSSR count). The van der Waals surface area contributed by atoms with Gasteiger partial charge >= 0.3 is 0 Å². The molecule has 2 aromatic rings. The average Bonchev–Trinajstić information content (AvgIpc) is 3.02. The van der Waals surface area contributed by atoms with Gasteiger partial charge in [-0.3, -0.25) is 0 Å². The molecular formula is C16H22N4O. The fourth-order valence-electron chi connectivity index (χ4n) is 2.57. The molecule has 1 aliphatic rings. The number of aromatic nitrogens is 2. The summed E-state index contributed by atoms with van der Waals surface area (Å²) in [5.74, 6) is 0. The summed E-state index contributed by atoms with van der Waals surface area (Å²) in [6.07, 6.45) is 5.85. The Morgan fingerprint density at radius 2 is 2.19 bits per heavy atom. The molecule has 1 saturated heterocycles. The summed E-state index contributed by atoms with van der Waals surface area (Å²) < 4.78 is 7.74. The van der Waals surface area contributed by atoms with Crippen LogP contribution in [0.2, 0.25) is 0 Å². The van der Waals surface area contributed by atoms with E-state index in [0.717, 1.165) is 38.5 Å². The molecule has 21 heavy (non-hydrogen) atoms. The number of hydrogen-bond acceptors (Lipinski definition) is 4. The smallest absolute Gasteiger partial charge is 0.0991 e. The Balaban J connectivity index is 1.47. The molecule has 1 N–H and O–H groups in total. The van der Waals surface area contributed by atoms with Gasteiger partial charge < -0.3 is 19.5 Å². The standard InChI is InChI=1S/C16H22N4O/c1-19-8-9-21-16(12-19)11-18-10-14-2-4-15(5-3-14)20-7-6-17-13-20/h2-7,13,16,18H,8-12H2,1H3. The van der Waals surface area contributed by atoms with E-state index in [1.807, 2.05) is 17.1 Å². The van der Waals surface area contributed by atoms with Crippen LogP contribution in [0.5, 0.6) is 0 Å². The Kier molecular flexibility index (Phi) is 4.65. The molecule has 1 aromatic heterocycles. The largest absolute Gasteiger partial charge is 0.374 e. The van der Waals surface area contributed by atoms with Crippen LogP contribution in [-0.2, 0) is 11.3 Å². The lowest BCUT2D eigenvalue weighted by atomic mass is 10.2. The highest BCUT2D eigenvalue weighted by Crippen LogP contribution is 2.09. The van der Waals surface area contributed by atoms with E-state index in [0.29, 0.717) is 6.10 Å². The van der Waals surface area contributed by atoms with Gasteiger partial charge in [-0.15, -0.1) is 0 Å². The zero-order chi connectivity index (χ0) is 14.5. The number of ether oxygens (including phenoxy) is 1. The molecular weight excluding hydrogens is 264 g/mol. The molecule has 0 amide bonds. The Morgan fingerprint density at radius 3 is 2.90 bits per heavy atom. The Bertz CT molecular complexity index is 538. The third kappa shape index (κ3) is 3.91. The first-order valence-corrected chi connectivity index (χ1v) is 7.39. The lowest BCUT2D eigenvalue weighted by Crippen LogP contribution is -2.44. The van der Waals surface area contributed by atoms with Gasteiger partial charge in [-0.25, -0.2) is 4.98 Å². The maximum atomic E-state index is 5.74. The predicted octanol–water partition coefficient (Wildman–Crippen LogP) is 1.29. The molecule has 0 aliphatic carbocycles. The molecule has 0 saturated carbocycles. The lowest BCUT2D eigenvalue weighted by molar-refractivity contribution is -0.0182. The maximum Gasteiger partial charge on any atom is 0.0991 e. The Labute approximate surface area is 125 Å². The van der Waals surface area contributed by atoms with Crippen molar-refractivity contribution in [1.29, 1.82) is 0 Å². The lowest BCUT2D eigenvalue weighted by Gasteiger charge is -2.30. The number of morpholine rings is 1. The summed E-state index contributed by atoms with van der Waals surface area (Å²) in [5, 5.41) is 3.48. The third-order valence-corrected chi connectivity index (χ3v) is 3.78. The monoisotopic (exact) mass is 286 g/mol. The first-order chi connectivity index (χ1) is 10.3. The molecule has 1 atom stereocenters. The van der Waals surface area contributed by atoms with Crippen LogP contribution in [0.1, 0.15) is 5.56 Å². The van der Waals surface area contributed by atoms with Gasteiger partial charge in [0.05, 0.1) is 19.0 Å². The summed E-state index contributed by atoms with van der Waals surface area (Å²) in [6, 6.07) is 8.53. The molecule has 1 unspecified atom stereocenters. The van der Waals surface area contributed by atoms with Crippen LogP contribution in [0, 0.1) is 0 Å². The molecule has 0 radical (unpaired) electrons. The predicted molar refractivity (Wildman–Crippen MR) is 82.5 cm³/mol. The molecule has 2 heterocycles. The number of hydrogen-bond donors (Lipinski definition) is 1. The van der Waals surface area contributed by atoms with Crippen molar-refractivity contribution in [3.63, 3.8) is 0 Å². The van der Waals surface area contributed by atoms with Crippen LogP contribution in [0.4, 0.5) is 0 Å². The van der Waals surface area contributed by atoms with Gasteiger partial charge in [0.25, 0.3) is 0 Å². The normalized spacial score (nSPS) is 19.8. The van der Waals surface area contributed by atoms with E-state index in [1.165, 1.54) is 5.56 Å². The second-order valence-corrected chi connectivity index (χ2v) is 5.52. The van der Waals surface area contributed by atoms with Crippen molar-refractivity contribution in [3.8, 4) is 5.69 Å². The molecule has 1 fully saturated rings. The first-order valence-electron chi connectivity index (χ1n) is 7.39. The van der Waals surface area contributed by atoms with Crippen molar-refractivity contribution < 1.29 is 4.74 Å². The number of likely N-dealkylation sites (N-methyl/N-ethyl adjacent to an activating group) is 1. The summed E-state index contributed by atoms with van der Waals surface area (Å²) in [5.41, 5.74) is 2.41. The van der Waals surface area contributed by atoms with Crippen molar-refractivity contribution in [2.45, 2.75) is 12.6 Å². The van der Waals surface area contributed by atoms with E-state index in [9.17, 15) is 0 Å². The van der Waals surface area contributed by atoms with Gasteiger partial charge in [0.1, 0.15) is 0 Å².